The minimum Gasteiger partial charge on any atom is -0.339 e. The van der Waals surface area contributed by atoms with Gasteiger partial charge in [0.2, 0.25) is 11.7 Å². The molecule has 0 aliphatic heterocycles. The van der Waals surface area contributed by atoms with Crippen LogP contribution in [-0.4, -0.2) is 30.8 Å². The molecule has 11 heteroatoms. The minimum absolute atomic E-state index is 0.0855. The van der Waals surface area contributed by atoms with Gasteiger partial charge in [0, 0.05) is 36.0 Å². The van der Waals surface area contributed by atoms with E-state index >= 15 is 0 Å². The van der Waals surface area contributed by atoms with E-state index in [-0.39, 0.29) is 17.0 Å². The van der Waals surface area contributed by atoms with E-state index in [4.69, 9.17) is 4.52 Å². The van der Waals surface area contributed by atoms with Crippen molar-refractivity contribution in [3.63, 3.8) is 0 Å². The highest BCUT2D eigenvalue weighted by Crippen LogP contribution is 2.47. The van der Waals surface area contributed by atoms with Gasteiger partial charge in [0.1, 0.15) is 11.7 Å². The van der Waals surface area contributed by atoms with E-state index in [2.05, 4.69) is 32.5 Å². The minimum atomic E-state index is -4.63. The van der Waals surface area contributed by atoms with Crippen LogP contribution in [0.3, 0.4) is 0 Å². The molecular formula is C19H19F3N6O2. The number of pyridine rings is 1. The maximum atomic E-state index is 12.8. The number of nitrogens with zero attached hydrogens (tertiary/aromatic N) is 5. The third-order valence-electron chi connectivity index (χ3n) is 5.20. The van der Waals surface area contributed by atoms with E-state index in [1.807, 2.05) is 6.07 Å². The Balaban J connectivity index is 1.49. The van der Waals surface area contributed by atoms with Crippen LogP contribution in [0.1, 0.15) is 60.5 Å². The third kappa shape index (κ3) is 3.79. The maximum Gasteiger partial charge on any atom is 0.435 e. The number of rotatable bonds is 5. The summed E-state index contributed by atoms with van der Waals surface area (Å²) >= 11 is 0. The summed E-state index contributed by atoms with van der Waals surface area (Å²) in [5, 5.41) is 9.84. The van der Waals surface area contributed by atoms with Crippen molar-refractivity contribution in [1.29, 1.82) is 0 Å². The molecule has 8 nitrogen and oxygen atoms in total. The molecule has 1 aliphatic carbocycles. The highest BCUT2D eigenvalue weighted by atomic mass is 19.4. The average molecular weight is 420 g/mol. The normalized spacial score (nSPS) is 16.3. The monoisotopic (exact) mass is 420 g/mol. The summed E-state index contributed by atoms with van der Waals surface area (Å²) in [5.41, 5.74) is 0.418. The second-order valence-electron chi connectivity index (χ2n) is 7.68. The first kappa shape index (κ1) is 20.0. The van der Waals surface area contributed by atoms with Crippen molar-refractivity contribution < 1.29 is 22.5 Å². The molecule has 3 heterocycles. The molecular weight excluding hydrogens is 401 g/mol. The van der Waals surface area contributed by atoms with Gasteiger partial charge in [-0.3, -0.25) is 14.5 Å². The van der Waals surface area contributed by atoms with E-state index in [9.17, 15) is 18.0 Å². The molecule has 0 bridgehead atoms. The fraction of sp³-hybridized carbons (Fsp3) is 0.421. The second-order valence-corrected chi connectivity index (χ2v) is 7.68. The first-order chi connectivity index (χ1) is 14.1. The molecule has 4 rings (SSSR count). The zero-order chi connectivity index (χ0) is 21.7. The third-order valence-corrected chi connectivity index (χ3v) is 5.20. The van der Waals surface area contributed by atoms with Crippen LogP contribution in [0, 0.1) is 0 Å². The van der Waals surface area contributed by atoms with Crippen molar-refractivity contribution in [2.75, 3.05) is 0 Å². The van der Waals surface area contributed by atoms with Gasteiger partial charge < -0.3 is 9.84 Å². The van der Waals surface area contributed by atoms with Gasteiger partial charge in [0.25, 0.3) is 5.91 Å². The molecule has 0 radical (unpaired) electrons. The van der Waals surface area contributed by atoms with Crippen molar-refractivity contribution in [2.24, 2.45) is 7.05 Å². The molecule has 1 unspecified atom stereocenters. The number of aromatic nitrogens is 5. The van der Waals surface area contributed by atoms with Crippen LogP contribution in [0.25, 0.3) is 11.4 Å². The van der Waals surface area contributed by atoms with Gasteiger partial charge in [-0.15, -0.1) is 0 Å². The molecule has 0 saturated heterocycles. The predicted octanol–water partition coefficient (Wildman–Crippen LogP) is 3.43. The fourth-order valence-electron chi connectivity index (χ4n) is 3.02. The molecule has 3 aromatic rings. The average Bonchev–Trinajstić information content (AvgIpc) is 3.08. The first-order valence-corrected chi connectivity index (χ1v) is 9.29. The van der Waals surface area contributed by atoms with Crippen LogP contribution < -0.4 is 5.32 Å². The number of carbonyl (C=O) groups is 1. The zero-order valence-electron chi connectivity index (χ0n) is 16.5. The lowest BCUT2D eigenvalue weighted by molar-refractivity contribution is -0.141. The molecule has 0 aromatic carbocycles. The Bertz CT molecular complexity index is 1100. The predicted molar refractivity (Wildman–Crippen MR) is 98.2 cm³/mol. The molecule has 3 aromatic heterocycles. The van der Waals surface area contributed by atoms with Crippen molar-refractivity contribution >= 4 is 5.91 Å². The lowest BCUT2D eigenvalue weighted by Gasteiger charge is -2.09. The van der Waals surface area contributed by atoms with Crippen LogP contribution >= 0.6 is 0 Å². The SMILES string of the molecule is CC(NC(=O)c1cc(C(F)(F)F)nn1C)c1nc(-c2ccnc(C3(C)CC3)c2)no1. The highest BCUT2D eigenvalue weighted by molar-refractivity contribution is 5.92. The first-order valence-electron chi connectivity index (χ1n) is 9.29. The Labute approximate surface area is 169 Å². The number of hydrogen-bond acceptors (Lipinski definition) is 6. The molecule has 1 aliphatic rings. The Kier molecular flexibility index (Phi) is 4.63. The summed E-state index contributed by atoms with van der Waals surface area (Å²) in [5.74, 6) is -0.257. The van der Waals surface area contributed by atoms with Gasteiger partial charge in [-0.05, 0) is 31.9 Å². The number of nitrogens with one attached hydrogen (secondary N) is 1. The van der Waals surface area contributed by atoms with E-state index in [0.717, 1.165) is 28.8 Å². The largest absolute Gasteiger partial charge is 0.435 e. The van der Waals surface area contributed by atoms with E-state index < -0.39 is 23.8 Å². The van der Waals surface area contributed by atoms with Crippen LogP contribution in [-0.2, 0) is 18.6 Å². The molecule has 0 spiro atoms. The lowest BCUT2D eigenvalue weighted by atomic mass is 10.0. The van der Waals surface area contributed by atoms with E-state index in [0.29, 0.717) is 11.9 Å². The number of halogens is 3. The molecule has 158 valence electrons. The molecule has 1 fully saturated rings. The second kappa shape index (κ2) is 6.92. The zero-order valence-corrected chi connectivity index (χ0v) is 16.5. The van der Waals surface area contributed by atoms with E-state index in [1.54, 1.807) is 19.2 Å². The summed E-state index contributed by atoms with van der Waals surface area (Å²) in [6.45, 7) is 3.74. The summed E-state index contributed by atoms with van der Waals surface area (Å²) in [4.78, 5) is 21.1. The van der Waals surface area contributed by atoms with E-state index in [1.165, 1.54) is 7.05 Å². The Morgan fingerprint density at radius 1 is 1.33 bits per heavy atom. The van der Waals surface area contributed by atoms with Crippen LogP contribution in [0.5, 0.6) is 0 Å². The Morgan fingerprint density at radius 2 is 2.07 bits per heavy atom. The Morgan fingerprint density at radius 3 is 2.70 bits per heavy atom. The van der Waals surface area contributed by atoms with Crippen LogP contribution in [0.2, 0.25) is 0 Å². The summed E-state index contributed by atoms with van der Waals surface area (Å²) < 4.78 is 44.5. The topological polar surface area (TPSA) is 98.7 Å². The quantitative estimate of drug-likeness (QED) is 0.679. The molecule has 1 saturated carbocycles. The van der Waals surface area contributed by atoms with Gasteiger partial charge in [0.15, 0.2) is 5.69 Å². The number of amides is 1. The van der Waals surface area contributed by atoms with Crippen molar-refractivity contribution in [3.05, 3.63) is 47.4 Å². The number of carbonyl (C=O) groups excluding carboxylic acids is 1. The summed E-state index contributed by atoms with van der Waals surface area (Å²) in [6.07, 6.45) is -0.789. The number of hydrogen-bond donors (Lipinski definition) is 1. The molecule has 30 heavy (non-hydrogen) atoms. The molecule has 1 N–H and O–H groups in total. The standard InChI is InChI=1S/C19H19F3N6O2/c1-10(24-16(29)12-9-14(19(20,21)22)26-28(12)3)17-25-15(27-30-17)11-4-7-23-13(8-11)18(2)5-6-18/h4,7-10H,5-6H2,1-3H3,(H,24,29). The summed E-state index contributed by atoms with van der Waals surface area (Å²) in [6, 6.07) is 3.66. The van der Waals surface area contributed by atoms with Gasteiger partial charge in [-0.1, -0.05) is 12.1 Å². The van der Waals surface area contributed by atoms with Crippen LogP contribution in [0.4, 0.5) is 13.2 Å². The van der Waals surface area contributed by atoms with Crippen molar-refractivity contribution in [2.45, 2.75) is 44.3 Å². The smallest absolute Gasteiger partial charge is 0.339 e. The number of alkyl halides is 3. The molecule has 1 atom stereocenters. The van der Waals surface area contributed by atoms with Gasteiger partial charge in [-0.25, -0.2) is 0 Å². The van der Waals surface area contributed by atoms with Crippen molar-refractivity contribution in [1.82, 2.24) is 30.2 Å². The lowest BCUT2D eigenvalue weighted by Crippen LogP contribution is -2.28. The Hall–Kier alpha value is -3.24. The maximum absolute atomic E-state index is 12.8. The van der Waals surface area contributed by atoms with Gasteiger partial charge >= 0.3 is 6.18 Å². The number of aryl methyl sites for hydroxylation is 1. The fourth-order valence-corrected chi connectivity index (χ4v) is 3.02. The van der Waals surface area contributed by atoms with Gasteiger partial charge in [-0.2, -0.15) is 23.3 Å². The van der Waals surface area contributed by atoms with Gasteiger partial charge in [0.05, 0.1) is 0 Å². The molecule has 1 amide bonds. The highest BCUT2D eigenvalue weighted by Gasteiger charge is 2.40. The summed E-state index contributed by atoms with van der Waals surface area (Å²) in [7, 11) is 1.26. The van der Waals surface area contributed by atoms with Crippen molar-refractivity contribution in [3.8, 4) is 11.4 Å². The van der Waals surface area contributed by atoms with Crippen LogP contribution in [0.15, 0.2) is 28.9 Å².